The number of nitrogens with one attached hydrogen (secondary N) is 2. The van der Waals surface area contributed by atoms with Crippen LogP contribution in [0.5, 0.6) is 0 Å². The standard InChI is InChI=1S/C31H44N4O2/c1-24-22-26-16-10-12-18-28(26)34(24)30(36)32-20-14-8-6-4-3-5-7-9-15-21-33-31(37)35-25(2)23-27-17-11-13-19-29(27)35/h10-13,16-19,24-25H,3-9,14-15,20-23H2,1-2H3,(H,32,36)(H,33,37). The highest BCUT2D eigenvalue weighted by Gasteiger charge is 2.31. The highest BCUT2D eigenvalue weighted by Crippen LogP contribution is 2.32. The van der Waals surface area contributed by atoms with Gasteiger partial charge in [0.2, 0.25) is 0 Å². The van der Waals surface area contributed by atoms with Crippen LogP contribution < -0.4 is 20.4 Å². The van der Waals surface area contributed by atoms with Crippen molar-refractivity contribution in [3.05, 3.63) is 59.7 Å². The molecule has 4 amide bonds. The van der Waals surface area contributed by atoms with Crippen molar-refractivity contribution in [3.63, 3.8) is 0 Å². The second-order valence-electron chi connectivity index (χ2n) is 10.7. The number of rotatable bonds is 12. The number of benzene rings is 2. The SMILES string of the molecule is CC1Cc2ccccc2N1C(=O)NCCCCCCCCCCCNC(=O)N1c2ccccc2CC1C. The van der Waals surface area contributed by atoms with E-state index in [-0.39, 0.29) is 24.1 Å². The van der Waals surface area contributed by atoms with Crippen molar-refractivity contribution in [1.29, 1.82) is 0 Å². The summed E-state index contributed by atoms with van der Waals surface area (Å²) in [5.74, 6) is 0. The summed E-state index contributed by atoms with van der Waals surface area (Å²) in [5.41, 5.74) is 4.64. The first-order valence-corrected chi connectivity index (χ1v) is 14.4. The van der Waals surface area contributed by atoms with Crippen LogP contribution in [0.2, 0.25) is 0 Å². The number of carbonyl (C=O) groups excluding carboxylic acids is 2. The van der Waals surface area contributed by atoms with E-state index >= 15 is 0 Å². The summed E-state index contributed by atoms with van der Waals surface area (Å²) in [7, 11) is 0. The molecule has 2 aromatic carbocycles. The number of hydrogen-bond acceptors (Lipinski definition) is 2. The number of amides is 4. The van der Waals surface area contributed by atoms with Gasteiger partial charge in [-0.25, -0.2) is 9.59 Å². The van der Waals surface area contributed by atoms with Crippen LogP contribution in [-0.2, 0) is 12.8 Å². The first kappa shape index (κ1) is 27.0. The molecule has 0 saturated carbocycles. The number of urea groups is 2. The van der Waals surface area contributed by atoms with E-state index in [4.69, 9.17) is 0 Å². The van der Waals surface area contributed by atoms with E-state index in [0.29, 0.717) is 0 Å². The molecule has 0 bridgehead atoms. The van der Waals surface area contributed by atoms with Gasteiger partial charge in [0.1, 0.15) is 0 Å². The lowest BCUT2D eigenvalue weighted by atomic mass is 10.1. The molecule has 2 atom stereocenters. The summed E-state index contributed by atoms with van der Waals surface area (Å²) >= 11 is 0. The molecule has 0 radical (unpaired) electrons. The monoisotopic (exact) mass is 504 g/mol. The van der Waals surface area contributed by atoms with E-state index in [9.17, 15) is 9.59 Å². The maximum Gasteiger partial charge on any atom is 0.322 e. The highest BCUT2D eigenvalue weighted by molar-refractivity contribution is 5.95. The first-order chi connectivity index (χ1) is 18.1. The third-order valence-electron chi connectivity index (χ3n) is 7.76. The van der Waals surface area contributed by atoms with Crippen molar-refractivity contribution < 1.29 is 9.59 Å². The molecular formula is C31H44N4O2. The van der Waals surface area contributed by atoms with Crippen molar-refractivity contribution in [3.8, 4) is 0 Å². The Hall–Kier alpha value is -3.02. The third kappa shape index (κ3) is 7.06. The van der Waals surface area contributed by atoms with Crippen LogP contribution in [0, 0.1) is 0 Å². The Balaban J connectivity index is 0.969. The number of carbonyl (C=O) groups is 2. The predicted molar refractivity (Wildman–Crippen MR) is 153 cm³/mol. The average molecular weight is 505 g/mol. The lowest BCUT2D eigenvalue weighted by molar-refractivity contribution is 0.244. The van der Waals surface area contributed by atoms with Gasteiger partial charge >= 0.3 is 12.1 Å². The number of hydrogen-bond donors (Lipinski definition) is 2. The van der Waals surface area contributed by atoms with Crippen molar-refractivity contribution in [2.24, 2.45) is 0 Å². The lowest BCUT2D eigenvalue weighted by Crippen LogP contribution is -2.43. The van der Waals surface area contributed by atoms with Gasteiger partial charge in [-0.1, -0.05) is 81.3 Å². The van der Waals surface area contributed by atoms with Crippen molar-refractivity contribution in [2.75, 3.05) is 22.9 Å². The Morgan fingerprint density at radius 3 is 1.38 bits per heavy atom. The van der Waals surface area contributed by atoms with E-state index in [2.05, 4.69) is 36.6 Å². The Bertz CT molecular complexity index is 958. The fourth-order valence-electron chi connectivity index (χ4n) is 5.80. The zero-order valence-corrected chi connectivity index (χ0v) is 22.7. The minimum Gasteiger partial charge on any atom is -0.338 e. The third-order valence-corrected chi connectivity index (χ3v) is 7.76. The maximum absolute atomic E-state index is 12.7. The van der Waals surface area contributed by atoms with Crippen LogP contribution in [0.3, 0.4) is 0 Å². The molecule has 6 heteroatoms. The van der Waals surface area contributed by atoms with Gasteiger partial charge in [0, 0.05) is 36.5 Å². The summed E-state index contributed by atoms with van der Waals surface area (Å²) in [5, 5.41) is 6.23. The quantitative estimate of drug-likeness (QED) is 0.312. The van der Waals surface area contributed by atoms with E-state index in [0.717, 1.165) is 63.0 Å². The Kier molecular flexibility index (Phi) is 9.86. The van der Waals surface area contributed by atoms with Gasteiger partial charge in [-0.05, 0) is 62.8 Å². The first-order valence-electron chi connectivity index (χ1n) is 14.4. The smallest absolute Gasteiger partial charge is 0.322 e. The molecule has 37 heavy (non-hydrogen) atoms. The van der Waals surface area contributed by atoms with E-state index in [1.165, 1.54) is 43.2 Å². The Labute approximate surface area is 222 Å². The number of anilines is 2. The molecule has 2 aliphatic heterocycles. The number of unbranched alkanes of at least 4 members (excludes halogenated alkanes) is 8. The molecule has 2 aliphatic rings. The van der Waals surface area contributed by atoms with Gasteiger partial charge in [0.25, 0.3) is 0 Å². The molecule has 2 unspecified atom stereocenters. The molecule has 0 aliphatic carbocycles. The fraction of sp³-hybridized carbons (Fsp3) is 0.548. The number of para-hydroxylation sites is 2. The molecule has 0 spiro atoms. The van der Waals surface area contributed by atoms with Gasteiger partial charge < -0.3 is 10.6 Å². The molecular weight excluding hydrogens is 460 g/mol. The van der Waals surface area contributed by atoms with Gasteiger partial charge in [0.15, 0.2) is 0 Å². The van der Waals surface area contributed by atoms with Crippen molar-refractivity contribution in [2.45, 2.75) is 96.6 Å². The lowest BCUT2D eigenvalue weighted by Gasteiger charge is -2.23. The number of nitrogens with zero attached hydrogens (tertiary/aromatic N) is 2. The van der Waals surface area contributed by atoms with Crippen LogP contribution in [0.1, 0.15) is 82.8 Å². The largest absolute Gasteiger partial charge is 0.338 e. The predicted octanol–water partition coefficient (Wildman–Crippen LogP) is 6.82. The Morgan fingerprint density at radius 2 is 0.973 bits per heavy atom. The topological polar surface area (TPSA) is 64.7 Å². The molecule has 0 fully saturated rings. The van der Waals surface area contributed by atoms with Gasteiger partial charge in [-0.3, -0.25) is 9.80 Å². The number of fused-ring (bicyclic) bond motifs is 2. The average Bonchev–Trinajstić information content (AvgIpc) is 3.41. The molecule has 6 nitrogen and oxygen atoms in total. The molecule has 4 rings (SSSR count). The van der Waals surface area contributed by atoms with Crippen molar-refractivity contribution >= 4 is 23.4 Å². The van der Waals surface area contributed by atoms with Crippen LogP contribution in [-0.4, -0.2) is 37.2 Å². The summed E-state index contributed by atoms with van der Waals surface area (Å²) in [6, 6.07) is 16.9. The van der Waals surface area contributed by atoms with Gasteiger partial charge in [-0.2, -0.15) is 0 Å². The highest BCUT2D eigenvalue weighted by atomic mass is 16.2. The molecule has 0 saturated heterocycles. The van der Waals surface area contributed by atoms with Crippen LogP contribution in [0.25, 0.3) is 0 Å². The van der Waals surface area contributed by atoms with E-state index < -0.39 is 0 Å². The fourth-order valence-corrected chi connectivity index (χ4v) is 5.80. The van der Waals surface area contributed by atoms with Crippen LogP contribution in [0.15, 0.2) is 48.5 Å². The zero-order chi connectivity index (χ0) is 26.0. The molecule has 0 aromatic heterocycles. The van der Waals surface area contributed by atoms with E-state index in [1.807, 2.05) is 46.2 Å². The summed E-state index contributed by atoms with van der Waals surface area (Å²) in [4.78, 5) is 29.1. The Morgan fingerprint density at radius 1 is 0.622 bits per heavy atom. The van der Waals surface area contributed by atoms with Crippen LogP contribution >= 0.6 is 0 Å². The maximum atomic E-state index is 12.7. The second kappa shape index (κ2) is 13.5. The zero-order valence-electron chi connectivity index (χ0n) is 22.7. The van der Waals surface area contributed by atoms with Gasteiger partial charge in [0.05, 0.1) is 0 Å². The van der Waals surface area contributed by atoms with Crippen molar-refractivity contribution in [1.82, 2.24) is 10.6 Å². The molecule has 200 valence electrons. The summed E-state index contributed by atoms with van der Waals surface area (Å²) < 4.78 is 0. The minimum atomic E-state index is 0.0356. The second-order valence-corrected chi connectivity index (χ2v) is 10.7. The minimum absolute atomic E-state index is 0.0356. The molecule has 2 heterocycles. The molecule has 2 N–H and O–H groups in total. The van der Waals surface area contributed by atoms with Gasteiger partial charge in [-0.15, -0.1) is 0 Å². The normalized spacial score (nSPS) is 18.0. The molecule has 2 aromatic rings. The van der Waals surface area contributed by atoms with Crippen LogP contribution in [0.4, 0.5) is 21.0 Å². The summed E-state index contributed by atoms with van der Waals surface area (Å²) in [6.07, 6.45) is 12.5. The summed E-state index contributed by atoms with van der Waals surface area (Å²) in [6.45, 7) is 5.73. The van der Waals surface area contributed by atoms with E-state index in [1.54, 1.807) is 0 Å².